The summed E-state index contributed by atoms with van der Waals surface area (Å²) in [7, 11) is 6.05. The van der Waals surface area contributed by atoms with Crippen LogP contribution in [0.4, 0.5) is 0 Å². The van der Waals surface area contributed by atoms with Gasteiger partial charge in [-0.25, -0.2) is 0 Å². The highest BCUT2D eigenvalue weighted by Crippen LogP contribution is 2.13. The van der Waals surface area contributed by atoms with Crippen molar-refractivity contribution in [1.29, 1.82) is 0 Å². The molecule has 0 atom stereocenters. The highest BCUT2D eigenvalue weighted by atomic mass is 32.2. The van der Waals surface area contributed by atoms with Gasteiger partial charge in [-0.3, -0.25) is 4.99 Å². The van der Waals surface area contributed by atoms with Crippen molar-refractivity contribution in [3.8, 4) is 0 Å². The van der Waals surface area contributed by atoms with Crippen molar-refractivity contribution in [2.45, 2.75) is 26.7 Å². The molecular formula is C14H32N4S. The van der Waals surface area contributed by atoms with Gasteiger partial charge in [0.05, 0.1) is 0 Å². The number of guanidine groups is 1. The van der Waals surface area contributed by atoms with Gasteiger partial charge in [0.1, 0.15) is 0 Å². The SMILES string of the molecule is CN=C(NCCCCSC)NCC(C)(C)CN(C)C. The van der Waals surface area contributed by atoms with Gasteiger partial charge < -0.3 is 15.5 Å². The first-order chi connectivity index (χ1) is 8.91. The van der Waals surface area contributed by atoms with E-state index in [9.17, 15) is 0 Å². The van der Waals surface area contributed by atoms with Crippen molar-refractivity contribution in [2.75, 3.05) is 52.8 Å². The van der Waals surface area contributed by atoms with Gasteiger partial charge in [0.2, 0.25) is 0 Å². The van der Waals surface area contributed by atoms with Crippen LogP contribution in [0.15, 0.2) is 4.99 Å². The Bertz CT molecular complexity index is 252. The van der Waals surface area contributed by atoms with E-state index in [4.69, 9.17) is 0 Å². The molecule has 0 heterocycles. The number of nitrogens with one attached hydrogen (secondary N) is 2. The number of thioether (sulfide) groups is 1. The van der Waals surface area contributed by atoms with E-state index in [2.05, 4.69) is 54.7 Å². The number of aliphatic imine (C=N–C) groups is 1. The Kier molecular flexibility index (Phi) is 10.1. The molecule has 0 unspecified atom stereocenters. The van der Waals surface area contributed by atoms with E-state index in [0.29, 0.717) is 0 Å². The fraction of sp³-hybridized carbons (Fsp3) is 0.929. The van der Waals surface area contributed by atoms with E-state index in [1.165, 1.54) is 18.6 Å². The second-order valence-electron chi connectivity index (χ2n) is 5.95. The number of unbranched alkanes of at least 4 members (excludes halogenated alkanes) is 1. The van der Waals surface area contributed by atoms with Gasteiger partial charge in [-0.2, -0.15) is 11.8 Å². The number of rotatable bonds is 9. The second-order valence-corrected chi connectivity index (χ2v) is 6.94. The summed E-state index contributed by atoms with van der Waals surface area (Å²) >= 11 is 1.91. The Morgan fingerprint density at radius 3 is 2.42 bits per heavy atom. The van der Waals surface area contributed by atoms with E-state index in [1.807, 2.05) is 18.8 Å². The molecule has 0 saturated heterocycles. The fourth-order valence-corrected chi connectivity index (χ4v) is 2.53. The van der Waals surface area contributed by atoms with Gasteiger partial charge in [-0.1, -0.05) is 13.8 Å². The molecule has 4 nitrogen and oxygen atoms in total. The molecule has 0 aromatic rings. The summed E-state index contributed by atoms with van der Waals surface area (Å²) in [6.07, 6.45) is 4.61. The minimum atomic E-state index is 0.236. The maximum atomic E-state index is 4.26. The molecule has 0 aliphatic heterocycles. The molecule has 0 amide bonds. The van der Waals surface area contributed by atoms with E-state index in [0.717, 1.165) is 25.6 Å². The summed E-state index contributed by atoms with van der Waals surface area (Å²) in [5.74, 6) is 2.15. The van der Waals surface area contributed by atoms with Crippen LogP contribution in [0.2, 0.25) is 0 Å². The van der Waals surface area contributed by atoms with Gasteiger partial charge in [0.25, 0.3) is 0 Å². The molecule has 0 fully saturated rings. The van der Waals surface area contributed by atoms with Crippen LogP contribution in [0.25, 0.3) is 0 Å². The average molecular weight is 289 g/mol. The van der Waals surface area contributed by atoms with Crippen LogP contribution in [0.3, 0.4) is 0 Å². The second kappa shape index (κ2) is 10.4. The molecular weight excluding hydrogens is 256 g/mol. The predicted molar refractivity (Wildman–Crippen MR) is 89.3 cm³/mol. The summed E-state index contributed by atoms with van der Waals surface area (Å²) in [6.45, 7) is 7.52. The molecule has 0 aliphatic carbocycles. The highest BCUT2D eigenvalue weighted by molar-refractivity contribution is 7.98. The molecule has 0 aliphatic rings. The van der Waals surface area contributed by atoms with Crippen molar-refractivity contribution in [1.82, 2.24) is 15.5 Å². The quantitative estimate of drug-likeness (QED) is 0.386. The summed E-state index contributed by atoms with van der Waals surface area (Å²) in [5.41, 5.74) is 0.236. The van der Waals surface area contributed by atoms with E-state index in [-0.39, 0.29) is 5.41 Å². The largest absolute Gasteiger partial charge is 0.356 e. The number of hydrogen-bond donors (Lipinski definition) is 2. The maximum Gasteiger partial charge on any atom is 0.190 e. The topological polar surface area (TPSA) is 39.7 Å². The van der Waals surface area contributed by atoms with E-state index < -0.39 is 0 Å². The third kappa shape index (κ3) is 11.1. The van der Waals surface area contributed by atoms with Gasteiger partial charge in [0.15, 0.2) is 5.96 Å². The monoisotopic (exact) mass is 288 g/mol. The molecule has 0 aromatic heterocycles. The average Bonchev–Trinajstić information content (AvgIpc) is 2.31. The molecule has 5 heteroatoms. The van der Waals surface area contributed by atoms with Gasteiger partial charge in [-0.05, 0) is 44.4 Å². The molecule has 114 valence electrons. The van der Waals surface area contributed by atoms with E-state index in [1.54, 1.807) is 0 Å². The summed E-state index contributed by atoms with van der Waals surface area (Å²) in [5, 5.41) is 6.78. The highest BCUT2D eigenvalue weighted by Gasteiger charge is 2.18. The first-order valence-electron chi connectivity index (χ1n) is 6.99. The van der Waals surface area contributed by atoms with E-state index >= 15 is 0 Å². The van der Waals surface area contributed by atoms with Crippen molar-refractivity contribution in [3.63, 3.8) is 0 Å². The first-order valence-corrected chi connectivity index (χ1v) is 8.39. The third-order valence-corrected chi connectivity index (χ3v) is 3.47. The maximum absolute atomic E-state index is 4.26. The number of nitrogens with zero attached hydrogens (tertiary/aromatic N) is 2. The third-order valence-electron chi connectivity index (χ3n) is 2.77. The van der Waals surface area contributed by atoms with Crippen LogP contribution in [-0.4, -0.2) is 63.6 Å². The van der Waals surface area contributed by atoms with Gasteiger partial charge >= 0.3 is 0 Å². The predicted octanol–water partition coefficient (Wildman–Crippen LogP) is 1.88. The smallest absolute Gasteiger partial charge is 0.190 e. The zero-order valence-electron chi connectivity index (χ0n) is 13.5. The lowest BCUT2D eigenvalue weighted by Gasteiger charge is -2.29. The summed E-state index contributed by atoms with van der Waals surface area (Å²) in [4.78, 5) is 6.49. The zero-order valence-corrected chi connectivity index (χ0v) is 14.4. The summed E-state index contributed by atoms with van der Waals surface area (Å²) < 4.78 is 0. The molecule has 0 bridgehead atoms. The molecule has 19 heavy (non-hydrogen) atoms. The Morgan fingerprint density at radius 2 is 1.89 bits per heavy atom. The lowest BCUT2D eigenvalue weighted by atomic mass is 9.93. The minimum absolute atomic E-state index is 0.236. The van der Waals surface area contributed by atoms with Crippen LogP contribution in [0.5, 0.6) is 0 Å². The van der Waals surface area contributed by atoms with Crippen molar-refractivity contribution < 1.29 is 0 Å². The van der Waals surface area contributed by atoms with Crippen molar-refractivity contribution in [3.05, 3.63) is 0 Å². The first kappa shape index (κ1) is 18.6. The lowest BCUT2D eigenvalue weighted by Crippen LogP contribution is -2.45. The lowest BCUT2D eigenvalue weighted by molar-refractivity contribution is 0.241. The number of hydrogen-bond acceptors (Lipinski definition) is 3. The van der Waals surface area contributed by atoms with Crippen LogP contribution in [-0.2, 0) is 0 Å². The Morgan fingerprint density at radius 1 is 1.21 bits per heavy atom. The van der Waals surface area contributed by atoms with Crippen LogP contribution in [0.1, 0.15) is 26.7 Å². The van der Waals surface area contributed by atoms with Crippen LogP contribution >= 0.6 is 11.8 Å². The molecule has 0 spiro atoms. The molecule has 2 N–H and O–H groups in total. The molecule has 0 saturated carbocycles. The Balaban J connectivity index is 3.87. The van der Waals surface area contributed by atoms with Crippen molar-refractivity contribution in [2.24, 2.45) is 10.4 Å². The van der Waals surface area contributed by atoms with Gasteiger partial charge in [-0.15, -0.1) is 0 Å². The van der Waals surface area contributed by atoms with Crippen LogP contribution < -0.4 is 10.6 Å². The van der Waals surface area contributed by atoms with Gasteiger partial charge in [0, 0.05) is 26.7 Å². The fourth-order valence-electron chi connectivity index (χ4n) is 2.03. The minimum Gasteiger partial charge on any atom is -0.356 e. The Labute approximate surface area is 123 Å². The Hall–Kier alpha value is -0.420. The zero-order chi connectivity index (χ0) is 14.7. The van der Waals surface area contributed by atoms with Crippen LogP contribution in [0, 0.1) is 5.41 Å². The normalized spacial score (nSPS) is 12.9. The standard InChI is InChI=1S/C14H32N4S/c1-14(2,12-18(4)5)11-17-13(15-3)16-9-7-8-10-19-6/h7-12H2,1-6H3,(H2,15,16,17). The molecule has 0 radical (unpaired) electrons. The van der Waals surface area contributed by atoms with Crippen molar-refractivity contribution >= 4 is 17.7 Å². The summed E-state index contributed by atoms with van der Waals surface area (Å²) in [6, 6.07) is 0. The molecule has 0 rings (SSSR count). The molecule has 0 aromatic carbocycles.